The fourth-order valence-electron chi connectivity index (χ4n) is 4.38. The molecule has 2 saturated heterocycles. The van der Waals surface area contributed by atoms with Gasteiger partial charge in [-0.05, 0) is 30.9 Å². The molecule has 28 heavy (non-hydrogen) atoms. The first-order valence-electron chi connectivity index (χ1n) is 9.80. The van der Waals surface area contributed by atoms with Gasteiger partial charge in [0.25, 0.3) is 0 Å². The molecule has 0 radical (unpaired) electrons. The van der Waals surface area contributed by atoms with Crippen LogP contribution in [0.1, 0.15) is 44.0 Å². The number of hydrogen-bond donors (Lipinski definition) is 1. The molecule has 2 aliphatic heterocycles. The second-order valence-corrected chi connectivity index (χ2v) is 9.52. The number of aromatic nitrogens is 3. The number of thiol groups is 1. The van der Waals surface area contributed by atoms with Crippen LogP contribution in [0, 0.1) is 11.3 Å². The van der Waals surface area contributed by atoms with Crippen LogP contribution < -0.4 is 4.90 Å². The van der Waals surface area contributed by atoms with Gasteiger partial charge in [-0.1, -0.05) is 45.7 Å². The first-order valence-corrected chi connectivity index (χ1v) is 10.2. The summed E-state index contributed by atoms with van der Waals surface area (Å²) in [5, 5.41) is 0. The number of anilines is 1. The minimum Gasteiger partial charge on any atom is -0.368 e. The van der Waals surface area contributed by atoms with Crippen LogP contribution in [-0.2, 0) is 0 Å². The Balaban J connectivity index is 1.57. The van der Waals surface area contributed by atoms with Gasteiger partial charge < -0.3 is 4.90 Å². The van der Waals surface area contributed by atoms with Crippen LogP contribution in [0.4, 0.5) is 5.69 Å². The average molecular weight is 393 g/mol. The van der Waals surface area contributed by atoms with Gasteiger partial charge >= 0.3 is 0 Å². The quantitative estimate of drug-likeness (QED) is 0.522. The highest BCUT2D eigenvalue weighted by Gasteiger charge is 2.42. The molecule has 0 atom stereocenters. The zero-order valence-corrected chi connectivity index (χ0v) is 17.3. The standard InChI is InChI=1S/C22H24N4OS/c1-22(2,3)20(27)17-12-26(28)21-19(17)24-18(10-23-21)14-5-4-6-15(9-14)25-11-13-7-16(25)8-13/h4-6,9-10,12-13,16,28H,7-8,11H2,1-3H3. The summed E-state index contributed by atoms with van der Waals surface area (Å²) in [4.78, 5) is 24.8. The lowest BCUT2D eigenvalue weighted by molar-refractivity contribution is 0.0860. The number of rotatable bonds is 3. The number of ketones is 1. The maximum atomic E-state index is 12.9. The molecular weight excluding hydrogens is 368 g/mol. The topological polar surface area (TPSA) is 51.0 Å². The van der Waals surface area contributed by atoms with E-state index in [1.54, 1.807) is 16.4 Å². The van der Waals surface area contributed by atoms with E-state index < -0.39 is 5.41 Å². The van der Waals surface area contributed by atoms with Crippen LogP contribution in [0.25, 0.3) is 22.4 Å². The Bertz CT molecular complexity index is 1090. The number of fused-ring (bicyclic) bond motifs is 2. The van der Waals surface area contributed by atoms with Crippen molar-refractivity contribution >= 4 is 35.4 Å². The van der Waals surface area contributed by atoms with Crippen molar-refractivity contribution in [2.75, 3.05) is 11.4 Å². The molecule has 3 fully saturated rings. The van der Waals surface area contributed by atoms with E-state index in [1.807, 2.05) is 20.8 Å². The van der Waals surface area contributed by atoms with Gasteiger partial charge in [-0.3, -0.25) is 8.77 Å². The molecule has 1 aliphatic carbocycles. The summed E-state index contributed by atoms with van der Waals surface area (Å²) < 4.78 is 1.58. The Morgan fingerprint density at radius 3 is 2.71 bits per heavy atom. The highest BCUT2D eigenvalue weighted by Crippen LogP contribution is 2.43. The van der Waals surface area contributed by atoms with Gasteiger partial charge in [-0.2, -0.15) is 0 Å². The number of carbonyl (C=O) groups is 1. The van der Waals surface area contributed by atoms with E-state index in [0.717, 1.165) is 23.7 Å². The lowest BCUT2D eigenvalue weighted by Crippen LogP contribution is -2.28. The van der Waals surface area contributed by atoms with Crippen LogP contribution in [-0.4, -0.2) is 32.3 Å². The molecule has 2 aromatic heterocycles. The van der Waals surface area contributed by atoms with E-state index in [0.29, 0.717) is 22.8 Å². The van der Waals surface area contributed by atoms with Crippen molar-refractivity contribution in [3.05, 3.63) is 42.2 Å². The van der Waals surface area contributed by atoms with E-state index in [-0.39, 0.29) is 5.78 Å². The third-order valence-corrected chi connectivity index (χ3v) is 6.29. The van der Waals surface area contributed by atoms with Gasteiger partial charge in [0.2, 0.25) is 0 Å². The van der Waals surface area contributed by atoms with E-state index in [1.165, 1.54) is 18.5 Å². The summed E-state index contributed by atoms with van der Waals surface area (Å²) in [5.74, 6) is 0.910. The fourth-order valence-corrected chi connectivity index (χ4v) is 4.64. The molecule has 6 heteroatoms. The summed E-state index contributed by atoms with van der Waals surface area (Å²) in [5.41, 5.74) is 4.36. The van der Waals surface area contributed by atoms with E-state index in [2.05, 4.69) is 47.0 Å². The molecule has 6 rings (SSSR count). The van der Waals surface area contributed by atoms with Crippen molar-refractivity contribution in [2.24, 2.45) is 11.3 Å². The minimum atomic E-state index is -0.490. The van der Waals surface area contributed by atoms with Gasteiger partial charge in [-0.15, -0.1) is 0 Å². The third kappa shape index (κ3) is 2.73. The molecule has 144 valence electrons. The van der Waals surface area contributed by atoms with Gasteiger partial charge in [0.05, 0.1) is 17.5 Å². The van der Waals surface area contributed by atoms with Crippen LogP contribution in [0.3, 0.4) is 0 Å². The Morgan fingerprint density at radius 2 is 2.04 bits per heavy atom. The summed E-state index contributed by atoms with van der Waals surface area (Å²) in [6.07, 6.45) is 6.13. The molecule has 5 nitrogen and oxygen atoms in total. The van der Waals surface area contributed by atoms with Crippen molar-refractivity contribution in [1.82, 2.24) is 13.9 Å². The van der Waals surface area contributed by atoms with Crippen molar-refractivity contribution in [2.45, 2.75) is 39.7 Å². The SMILES string of the molecule is CC(C)(C)C(=O)c1cn(S)c2ncc(-c3cccc(N4CC5CC4C5)c3)nc12. The van der Waals surface area contributed by atoms with Crippen molar-refractivity contribution in [3.63, 3.8) is 0 Å². The molecule has 0 spiro atoms. The molecule has 3 aliphatic rings. The van der Waals surface area contributed by atoms with Gasteiger partial charge in [-0.25, -0.2) is 9.97 Å². The number of carbonyl (C=O) groups excluding carboxylic acids is 1. The molecule has 1 aromatic carbocycles. The van der Waals surface area contributed by atoms with E-state index in [9.17, 15) is 4.79 Å². The molecule has 3 aromatic rings. The van der Waals surface area contributed by atoms with Crippen LogP contribution in [0.15, 0.2) is 36.7 Å². The molecule has 0 amide bonds. The first-order chi connectivity index (χ1) is 13.3. The smallest absolute Gasteiger partial charge is 0.171 e. The highest BCUT2D eigenvalue weighted by molar-refractivity contribution is 7.78. The Labute approximate surface area is 170 Å². The summed E-state index contributed by atoms with van der Waals surface area (Å²) in [7, 11) is 0. The maximum Gasteiger partial charge on any atom is 0.171 e. The predicted octanol–water partition coefficient (Wildman–Crippen LogP) is 4.62. The molecule has 1 saturated carbocycles. The van der Waals surface area contributed by atoms with E-state index in [4.69, 9.17) is 4.98 Å². The highest BCUT2D eigenvalue weighted by atomic mass is 32.1. The molecule has 0 N–H and O–H groups in total. The Morgan fingerprint density at radius 1 is 1.25 bits per heavy atom. The number of nitrogens with zero attached hydrogens (tertiary/aromatic N) is 4. The monoisotopic (exact) mass is 392 g/mol. The number of Topliss-reactive ketones (excluding diaryl/α,β-unsaturated/α-hetero) is 1. The molecule has 2 bridgehead atoms. The average Bonchev–Trinajstić information content (AvgIpc) is 3.33. The second kappa shape index (κ2) is 6.08. The van der Waals surface area contributed by atoms with Gasteiger partial charge in [0.15, 0.2) is 11.4 Å². The van der Waals surface area contributed by atoms with Gasteiger partial charge in [0.1, 0.15) is 5.52 Å². The zero-order valence-electron chi connectivity index (χ0n) is 16.4. The normalized spacial score (nSPS) is 21.2. The van der Waals surface area contributed by atoms with Crippen LogP contribution in [0.2, 0.25) is 0 Å². The molecular formula is C22H24N4OS. The Hall–Kier alpha value is -2.34. The summed E-state index contributed by atoms with van der Waals surface area (Å²) in [6, 6.07) is 9.21. The van der Waals surface area contributed by atoms with Crippen LogP contribution in [0.5, 0.6) is 0 Å². The number of hydrogen-bond acceptors (Lipinski definition) is 5. The van der Waals surface area contributed by atoms with Crippen molar-refractivity contribution in [3.8, 4) is 11.3 Å². The van der Waals surface area contributed by atoms with Crippen molar-refractivity contribution < 1.29 is 4.79 Å². The van der Waals surface area contributed by atoms with Crippen LogP contribution >= 0.6 is 12.8 Å². The number of benzene rings is 1. The summed E-state index contributed by atoms with van der Waals surface area (Å²) in [6.45, 7) is 6.91. The lowest BCUT2D eigenvalue weighted by atomic mass is 9.86. The second-order valence-electron chi connectivity index (χ2n) is 9.09. The minimum absolute atomic E-state index is 0.0438. The Kier molecular flexibility index (Phi) is 3.85. The molecule has 0 unspecified atom stereocenters. The van der Waals surface area contributed by atoms with E-state index >= 15 is 0 Å². The predicted molar refractivity (Wildman–Crippen MR) is 115 cm³/mol. The zero-order chi connectivity index (χ0) is 19.6. The largest absolute Gasteiger partial charge is 0.368 e. The lowest BCUT2D eigenvalue weighted by Gasteiger charge is -2.27. The molecule has 4 heterocycles. The maximum absolute atomic E-state index is 12.9. The first kappa shape index (κ1) is 17.7. The van der Waals surface area contributed by atoms with Gasteiger partial charge in [0, 0.05) is 35.4 Å². The summed E-state index contributed by atoms with van der Waals surface area (Å²) >= 11 is 4.43. The fraction of sp³-hybridized carbons (Fsp3) is 0.409. The third-order valence-electron chi connectivity index (χ3n) is 5.98. The van der Waals surface area contributed by atoms with Crippen molar-refractivity contribution in [1.29, 1.82) is 0 Å².